The molecule has 0 spiro atoms. The van der Waals surface area contributed by atoms with E-state index in [9.17, 15) is 4.79 Å². The van der Waals surface area contributed by atoms with Crippen LogP contribution in [0.5, 0.6) is 0 Å². The molecule has 1 aliphatic rings. The van der Waals surface area contributed by atoms with E-state index in [1.54, 1.807) is 17.4 Å². The summed E-state index contributed by atoms with van der Waals surface area (Å²) in [5.74, 6) is 0.630. The summed E-state index contributed by atoms with van der Waals surface area (Å²) in [4.78, 5) is 13.5. The molecule has 146 valence electrons. The van der Waals surface area contributed by atoms with Crippen LogP contribution in [0.2, 0.25) is 0 Å². The minimum Gasteiger partial charge on any atom is -0.381 e. The van der Waals surface area contributed by atoms with Gasteiger partial charge in [0.25, 0.3) is 5.91 Å². The average Bonchev–Trinajstić information content (AvgIpc) is 3.49. The normalized spacial score (nSPS) is 17.5. The second kappa shape index (κ2) is 9.14. The number of thiophene rings is 1. The molecule has 1 aromatic carbocycles. The number of carbonyl (C=O) groups excluding carboxylic acids is 1. The molecule has 4 rings (SSSR count). The molecule has 2 atom stereocenters. The van der Waals surface area contributed by atoms with Crippen LogP contribution in [0.3, 0.4) is 0 Å². The molecule has 1 amide bonds. The lowest BCUT2D eigenvalue weighted by atomic mass is 10.1. The highest BCUT2D eigenvalue weighted by Crippen LogP contribution is 2.28. The van der Waals surface area contributed by atoms with Crippen molar-refractivity contribution >= 4 is 17.2 Å². The van der Waals surface area contributed by atoms with Crippen molar-refractivity contribution in [3.63, 3.8) is 0 Å². The molecule has 0 bridgehead atoms. The SMILES string of the molecule is O=C(NCC1CCOC1)c1cc(C(OCc2cccs2)c2ccccc2)on1. The van der Waals surface area contributed by atoms with Crippen molar-refractivity contribution in [1.29, 1.82) is 0 Å². The minimum absolute atomic E-state index is 0.244. The van der Waals surface area contributed by atoms with Gasteiger partial charge < -0.3 is 19.3 Å². The van der Waals surface area contributed by atoms with E-state index in [0.29, 0.717) is 31.4 Å². The molecule has 0 radical (unpaired) electrons. The van der Waals surface area contributed by atoms with Gasteiger partial charge in [-0.3, -0.25) is 4.79 Å². The number of nitrogens with zero attached hydrogens (tertiary/aromatic N) is 1. The number of hydrogen-bond donors (Lipinski definition) is 1. The maximum Gasteiger partial charge on any atom is 0.273 e. The molecule has 1 aliphatic heterocycles. The Morgan fingerprint density at radius 2 is 2.18 bits per heavy atom. The van der Waals surface area contributed by atoms with E-state index < -0.39 is 6.10 Å². The zero-order chi connectivity index (χ0) is 19.2. The van der Waals surface area contributed by atoms with Gasteiger partial charge in [-0.05, 0) is 23.4 Å². The van der Waals surface area contributed by atoms with Gasteiger partial charge in [-0.25, -0.2) is 0 Å². The molecule has 3 aromatic rings. The van der Waals surface area contributed by atoms with Gasteiger partial charge in [0.1, 0.15) is 6.10 Å². The number of ether oxygens (including phenoxy) is 2. The number of amides is 1. The second-order valence-electron chi connectivity index (χ2n) is 6.74. The van der Waals surface area contributed by atoms with Gasteiger partial charge >= 0.3 is 0 Å². The lowest BCUT2D eigenvalue weighted by Crippen LogP contribution is -2.29. The van der Waals surface area contributed by atoms with E-state index in [1.165, 1.54) is 0 Å². The predicted molar refractivity (Wildman–Crippen MR) is 105 cm³/mol. The van der Waals surface area contributed by atoms with Crippen molar-refractivity contribution in [1.82, 2.24) is 10.5 Å². The van der Waals surface area contributed by atoms with Crippen LogP contribution >= 0.6 is 11.3 Å². The van der Waals surface area contributed by atoms with E-state index in [-0.39, 0.29) is 11.6 Å². The molecule has 2 aromatic heterocycles. The Kier molecular flexibility index (Phi) is 6.16. The number of nitrogens with one attached hydrogen (secondary N) is 1. The second-order valence-corrected chi connectivity index (χ2v) is 7.77. The van der Waals surface area contributed by atoms with Crippen LogP contribution < -0.4 is 5.32 Å². The largest absolute Gasteiger partial charge is 0.381 e. The standard InChI is InChI=1S/C21H22N2O4S/c24-21(22-12-15-8-9-25-13-15)18-11-19(27-23-18)20(16-5-2-1-3-6-16)26-14-17-7-4-10-28-17/h1-7,10-11,15,20H,8-9,12-14H2,(H,22,24). The number of rotatable bonds is 8. The first-order valence-electron chi connectivity index (χ1n) is 9.31. The third kappa shape index (κ3) is 4.67. The van der Waals surface area contributed by atoms with Crippen LogP contribution in [0.4, 0.5) is 0 Å². The Morgan fingerprint density at radius 1 is 1.29 bits per heavy atom. The number of hydrogen-bond acceptors (Lipinski definition) is 6. The minimum atomic E-state index is -0.430. The van der Waals surface area contributed by atoms with Crippen LogP contribution in [0.15, 0.2) is 58.4 Å². The molecule has 3 heterocycles. The summed E-state index contributed by atoms with van der Waals surface area (Å²) in [6.07, 6.45) is 0.539. The quantitative estimate of drug-likeness (QED) is 0.625. The number of carbonyl (C=O) groups is 1. The topological polar surface area (TPSA) is 73.6 Å². The van der Waals surface area contributed by atoms with Crippen LogP contribution in [-0.2, 0) is 16.1 Å². The molecular weight excluding hydrogens is 376 g/mol. The van der Waals surface area contributed by atoms with E-state index in [2.05, 4.69) is 10.5 Å². The predicted octanol–water partition coefficient (Wildman–Crippen LogP) is 3.81. The summed E-state index contributed by atoms with van der Waals surface area (Å²) in [5, 5.41) is 8.88. The summed E-state index contributed by atoms with van der Waals surface area (Å²) in [6.45, 7) is 2.49. The molecular formula is C21H22N2O4S. The van der Waals surface area contributed by atoms with Crippen LogP contribution in [-0.4, -0.2) is 30.8 Å². The Morgan fingerprint density at radius 3 is 2.93 bits per heavy atom. The maximum atomic E-state index is 12.4. The van der Waals surface area contributed by atoms with E-state index in [1.807, 2.05) is 47.8 Å². The van der Waals surface area contributed by atoms with Crippen molar-refractivity contribution < 1.29 is 18.8 Å². The van der Waals surface area contributed by atoms with Crippen molar-refractivity contribution in [2.75, 3.05) is 19.8 Å². The van der Waals surface area contributed by atoms with Crippen molar-refractivity contribution in [2.24, 2.45) is 5.92 Å². The third-order valence-corrected chi connectivity index (χ3v) is 5.52. The van der Waals surface area contributed by atoms with Crippen molar-refractivity contribution in [3.05, 3.63) is 75.8 Å². The smallest absolute Gasteiger partial charge is 0.273 e. The lowest BCUT2D eigenvalue weighted by Gasteiger charge is -2.15. The summed E-state index contributed by atoms with van der Waals surface area (Å²) in [5.41, 5.74) is 1.21. The van der Waals surface area contributed by atoms with Crippen LogP contribution in [0.25, 0.3) is 0 Å². The van der Waals surface area contributed by atoms with E-state index in [0.717, 1.165) is 23.5 Å². The molecule has 28 heavy (non-hydrogen) atoms. The molecule has 2 unspecified atom stereocenters. The summed E-state index contributed by atoms with van der Waals surface area (Å²) in [7, 11) is 0. The Labute approximate surface area is 167 Å². The third-order valence-electron chi connectivity index (χ3n) is 4.67. The van der Waals surface area contributed by atoms with Gasteiger partial charge in [0, 0.05) is 30.0 Å². The Hall–Kier alpha value is -2.48. The Balaban J connectivity index is 1.46. The van der Waals surface area contributed by atoms with Crippen molar-refractivity contribution in [2.45, 2.75) is 19.1 Å². The molecule has 1 N–H and O–H groups in total. The zero-order valence-electron chi connectivity index (χ0n) is 15.4. The molecule has 6 nitrogen and oxygen atoms in total. The molecule has 1 fully saturated rings. The summed E-state index contributed by atoms with van der Waals surface area (Å²) >= 11 is 1.64. The highest BCUT2D eigenvalue weighted by Gasteiger charge is 2.23. The van der Waals surface area contributed by atoms with Crippen molar-refractivity contribution in [3.8, 4) is 0 Å². The Bertz CT molecular complexity index is 873. The molecule has 0 saturated carbocycles. The highest BCUT2D eigenvalue weighted by molar-refractivity contribution is 7.09. The molecule has 0 aliphatic carbocycles. The maximum absolute atomic E-state index is 12.4. The van der Waals surface area contributed by atoms with Gasteiger partial charge in [0.15, 0.2) is 11.5 Å². The highest BCUT2D eigenvalue weighted by atomic mass is 32.1. The summed E-state index contributed by atoms with van der Waals surface area (Å²) in [6, 6.07) is 15.5. The number of aromatic nitrogens is 1. The van der Waals surface area contributed by atoms with Gasteiger partial charge in [0.05, 0.1) is 13.2 Å². The monoisotopic (exact) mass is 398 g/mol. The first-order chi connectivity index (χ1) is 13.8. The number of benzene rings is 1. The first-order valence-corrected chi connectivity index (χ1v) is 10.2. The summed E-state index contributed by atoms with van der Waals surface area (Å²) < 4.78 is 16.9. The van der Waals surface area contributed by atoms with Gasteiger partial charge in [0.2, 0.25) is 0 Å². The van der Waals surface area contributed by atoms with Gasteiger partial charge in [-0.15, -0.1) is 11.3 Å². The van der Waals surface area contributed by atoms with Gasteiger partial charge in [-0.1, -0.05) is 41.6 Å². The fourth-order valence-electron chi connectivity index (χ4n) is 3.12. The zero-order valence-corrected chi connectivity index (χ0v) is 16.2. The fraction of sp³-hybridized carbons (Fsp3) is 0.333. The fourth-order valence-corrected chi connectivity index (χ4v) is 3.75. The lowest BCUT2D eigenvalue weighted by molar-refractivity contribution is 0.0498. The van der Waals surface area contributed by atoms with E-state index in [4.69, 9.17) is 14.0 Å². The van der Waals surface area contributed by atoms with E-state index >= 15 is 0 Å². The first kappa shape index (κ1) is 18.9. The molecule has 1 saturated heterocycles. The molecule has 7 heteroatoms. The van der Waals surface area contributed by atoms with Crippen LogP contribution in [0, 0.1) is 5.92 Å². The average molecular weight is 398 g/mol. The van der Waals surface area contributed by atoms with Crippen LogP contribution in [0.1, 0.15) is 39.2 Å². The van der Waals surface area contributed by atoms with Gasteiger partial charge in [-0.2, -0.15) is 0 Å².